The number of nitrogens with zero attached hydrogens (tertiary/aromatic N) is 1. The zero-order valence-corrected chi connectivity index (χ0v) is 10.4. The number of piperazine rings is 1. The van der Waals surface area contributed by atoms with Crippen molar-refractivity contribution in [1.29, 1.82) is 0 Å². The quantitative estimate of drug-likeness (QED) is 0.668. The van der Waals surface area contributed by atoms with Gasteiger partial charge in [0, 0.05) is 32.3 Å². The van der Waals surface area contributed by atoms with E-state index in [9.17, 15) is 4.79 Å². The van der Waals surface area contributed by atoms with Crippen molar-refractivity contribution >= 4 is 5.91 Å². The number of ether oxygens (including phenoxy) is 2. The van der Waals surface area contributed by atoms with Crippen LogP contribution in [-0.4, -0.2) is 62.9 Å². The highest BCUT2D eigenvalue weighted by Crippen LogP contribution is 2.16. The first kappa shape index (κ1) is 13.4. The predicted octanol–water partition coefficient (Wildman–Crippen LogP) is -0.140. The van der Waals surface area contributed by atoms with Crippen LogP contribution in [0.25, 0.3) is 0 Å². The Balaban J connectivity index is 2.34. The van der Waals surface area contributed by atoms with Crippen molar-refractivity contribution in [3.05, 3.63) is 0 Å². The molecule has 0 atom stereocenters. The lowest BCUT2D eigenvalue weighted by molar-refractivity contribution is -0.143. The van der Waals surface area contributed by atoms with Crippen molar-refractivity contribution in [3.8, 4) is 0 Å². The number of amides is 1. The first-order valence-corrected chi connectivity index (χ1v) is 5.66. The van der Waals surface area contributed by atoms with Crippen LogP contribution in [0.4, 0.5) is 0 Å². The first-order chi connectivity index (χ1) is 7.58. The van der Waals surface area contributed by atoms with E-state index in [0.717, 1.165) is 19.6 Å². The topological polar surface area (TPSA) is 50.8 Å². The number of methoxy groups -OCH3 is 1. The van der Waals surface area contributed by atoms with E-state index < -0.39 is 0 Å². The molecule has 0 aromatic rings. The zero-order valence-electron chi connectivity index (χ0n) is 10.4. The molecule has 1 aliphatic heterocycles. The maximum atomic E-state index is 11.9. The van der Waals surface area contributed by atoms with Crippen LogP contribution in [0.1, 0.15) is 13.8 Å². The molecule has 1 saturated heterocycles. The molecule has 1 heterocycles. The van der Waals surface area contributed by atoms with E-state index in [1.54, 1.807) is 7.11 Å². The van der Waals surface area contributed by atoms with E-state index in [-0.39, 0.29) is 18.1 Å². The summed E-state index contributed by atoms with van der Waals surface area (Å²) < 4.78 is 10.1. The van der Waals surface area contributed by atoms with Gasteiger partial charge in [0.05, 0.1) is 13.2 Å². The summed E-state index contributed by atoms with van der Waals surface area (Å²) >= 11 is 0. The Kier molecular flexibility index (Phi) is 5.18. The molecule has 1 aliphatic rings. The number of hydrogen-bond donors (Lipinski definition) is 1. The average molecular weight is 230 g/mol. The fourth-order valence-corrected chi connectivity index (χ4v) is 1.83. The largest absolute Gasteiger partial charge is 0.382 e. The first-order valence-electron chi connectivity index (χ1n) is 5.66. The Morgan fingerprint density at radius 2 is 2.19 bits per heavy atom. The number of hydrogen-bond acceptors (Lipinski definition) is 4. The van der Waals surface area contributed by atoms with Gasteiger partial charge in [-0.15, -0.1) is 0 Å². The van der Waals surface area contributed by atoms with Crippen LogP contribution in [0.5, 0.6) is 0 Å². The molecule has 1 rings (SSSR count). The summed E-state index contributed by atoms with van der Waals surface area (Å²) in [6.07, 6.45) is 0. The molecule has 0 bridgehead atoms. The van der Waals surface area contributed by atoms with Gasteiger partial charge in [0.15, 0.2) is 0 Å². The van der Waals surface area contributed by atoms with Crippen molar-refractivity contribution in [2.75, 3.05) is 46.6 Å². The lowest BCUT2D eigenvalue weighted by Gasteiger charge is -2.42. The van der Waals surface area contributed by atoms with Gasteiger partial charge >= 0.3 is 0 Å². The summed E-state index contributed by atoms with van der Waals surface area (Å²) in [5.41, 5.74) is -0.125. The third-order valence-corrected chi connectivity index (χ3v) is 2.76. The van der Waals surface area contributed by atoms with Crippen molar-refractivity contribution < 1.29 is 14.3 Å². The number of carbonyl (C=O) groups excluding carboxylic acids is 1. The van der Waals surface area contributed by atoms with Crippen LogP contribution in [0.2, 0.25) is 0 Å². The molecule has 1 amide bonds. The van der Waals surface area contributed by atoms with Gasteiger partial charge in [0.25, 0.3) is 0 Å². The van der Waals surface area contributed by atoms with Crippen molar-refractivity contribution in [1.82, 2.24) is 10.2 Å². The summed E-state index contributed by atoms with van der Waals surface area (Å²) in [6, 6.07) is 0. The van der Waals surface area contributed by atoms with Crippen LogP contribution >= 0.6 is 0 Å². The van der Waals surface area contributed by atoms with Gasteiger partial charge in [-0.3, -0.25) is 4.79 Å². The molecular formula is C11H22N2O3. The van der Waals surface area contributed by atoms with Crippen LogP contribution in [0, 0.1) is 0 Å². The fourth-order valence-electron chi connectivity index (χ4n) is 1.83. The highest BCUT2D eigenvalue weighted by Gasteiger charge is 2.32. The Morgan fingerprint density at radius 1 is 1.44 bits per heavy atom. The number of carbonyl (C=O) groups is 1. The van der Waals surface area contributed by atoms with E-state index in [1.165, 1.54) is 0 Å². The van der Waals surface area contributed by atoms with Crippen molar-refractivity contribution in [2.24, 2.45) is 0 Å². The molecule has 0 aromatic heterocycles. The SMILES string of the molecule is COCCOCC(=O)N1CCNCC1(C)C. The number of rotatable bonds is 5. The second kappa shape index (κ2) is 6.18. The van der Waals surface area contributed by atoms with Crippen molar-refractivity contribution in [3.63, 3.8) is 0 Å². The van der Waals surface area contributed by atoms with E-state index in [2.05, 4.69) is 19.2 Å². The van der Waals surface area contributed by atoms with E-state index in [0.29, 0.717) is 13.2 Å². The maximum absolute atomic E-state index is 11.9. The molecule has 5 heteroatoms. The van der Waals surface area contributed by atoms with Crippen LogP contribution in [-0.2, 0) is 14.3 Å². The van der Waals surface area contributed by atoms with E-state index in [4.69, 9.17) is 9.47 Å². The number of nitrogens with one attached hydrogen (secondary N) is 1. The molecule has 0 spiro atoms. The van der Waals surface area contributed by atoms with Gasteiger partial charge in [0.1, 0.15) is 6.61 Å². The standard InChI is InChI=1S/C11H22N2O3/c1-11(2)9-12-4-5-13(11)10(14)8-16-7-6-15-3/h12H,4-9H2,1-3H3. The van der Waals surface area contributed by atoms with E-state index in [1.807, 2.05) is 4.90 Å². The highest BCUT2D eigenvalue weighted by molar-refractivity contribution is 5.78. The van der Waals surface area contributed by atoms with Crippen molar-refractivity contribution in [2.45, 2.75) is 19.4 Å². The van der Waals surface area contributed by atoms with Gasteiger partial charge in [-0.1, -0.05) is 0 Å². The molecule has 0 radical (unpaired) electrons. The summed E-state index contributed by atoms with van der Waals surface area (Å²) in [5, 5.41) is 3.28. The Hall–Kier alpha value is -0.650. The third-order valence-electron chi connectivity index (χ3n) is 2.76. The fraction of sp³-hybridized carbons (Fsp3) is 0.909. The molecule has 0 aliphatic carbocycles. The molecule has 94 valence electrons. The van der Waals surface area contributed by atoms with Gasteiger partial charge in [-0.2, -0.15) is 0 Å². The lowest BCUT2D eigenvalue weighted by Crippen LogP contribution is -2.60. The molecular weight excluding hydrogens is 208 g/mol. The monoisotopic (exact) mass is 230 g/mol. The Morgan fingerprint density at radius 3 is 2.81 bits per heavy atom. The molecule has 0 saturated carbocycles. The van der Waals surface area contributed by atoms with Gasteiger partial charge in [-0.25, -0.2) is 0 Å². The Labute approximate surface area is 97.1 Å². The van der Waals surface area contributed by atoms with E-state index >= 15 is 0 Å². The highest BCUT2D eigenvalue weighted by atomic mass is 16.5. The van der Waals surface area contributed by atoms with Crippen LogP contribution < -0.4 is 5.32 Å². The summed E-state index contributed by atoms with van der Waals surface area (Å²) in [5.74, 6) is 0.0580. The van der Waals surface area contributed by atoms with Crippen LogP contribution in [0.3, 0.4) is 0 Å². The second-order valence-electron chi connectivity index (χ2n) is 4.58. The minimum atomic E-state index is -0.125. The zero-order chi connectivity index (χ0) is 12.0. The maximum Gasteiger partial charge on any atom is 0.249 e. The summed E-state index contributed by atoms with van der Waals surface area (Å²) in [4.78, 5) is 13.8. The summed E-state index contributed by atoms with van der Waals surface area (Å²) in [6.45, 7) is 7.70. The molecule has 5 nitrogen and oxygen atoms in total. The average Bonchev–Trinajstić information content (AvgIpc) is 2.23. The normalized spacial score (nSPS) is 19.8. The van der Waals surface area contributed by atoms with Crippen LogP contribution in [0.15, 0.2) is 0 Å². The molecule has 0 unspecified atom stereocenters. The second-order valence-corrected chi connectivity index (χ2v) is 4.58. The molecule has 0 aromatic carbocycles. The predicted molar refractivity (Wildman–Crippen MR) is 61.4 cm³/mol. The molecule has 1 fully saturated rings. The van der Waals surface area contributed by atoms with Gasteiger partial charge < -0.3 is 19.7 Å². The minimum Gasteiger partial charge on any atom is -0.382 e. The lowest BCUT2D eigenvalue weighted by atomic mass is 10.0. The minimum absolute atomic E-state index is 0.0580. The summed E-state index contributed by atoms with van der Waals surface area (Å²) in [7, 11) is 1.62. The Bertz CT molecular complexity index is 231. The van der Waals surface area contributed by atoms with Gasteiger partial charge in [-0.05, 0) is 13.8 Å². The third kappa shape index (κ3) is 3.73. The smallest absolute Gasteiger partial charge is 0.249 e. The van der Waals surface area contributed by atoms with Gasteiger partial charge in [0.2, 0.25) is 5.91 Å². The molecule has 1 N–H and O–H groups in total. The molecule has 16 heavy (non-hydrogen) atoms.